The first-order valence-corrected chi connectivity index (χ1v) is 11.2. The Morgan fingerprint density at radius 2 is 1.56 bits per heavy atom. The molecule has 4 rings (SSSR count). The first-order chi connectivity index (χ1) is 16.1. The molecule has 0 aliphatic heterocycles. The molecule has 0 atom stereocenters. The van der Waals surface area contributed by atoms with Crippen molar-refractivity contribution in [3.05, 3.63) is 107 Å². The third kappa shape index (κ3) is 5.16. The molecule has 6 heteroatoms. The molecule has 1 amide bonds. The van der Waals surface area contributed by atoms with Crippen LogP contribution in [0.2, 0.25) is 0 Å². The van der Waals surface area contributed by atoms with Crippen LogP contribution in [0, 0.1) is 17.5 Å². The monoisotopic (exact) mass is 464 g/mol. The van der Waals surface area contributed by atoms with Crippen LogP contribution in [0.1, 0.15) is 47.8 Å². The van der Waals surface area contributed by atoms with E-state index in [4.69, 9.17) is 0 Å². The van der Waals surface area contributed by atoms with E-state index in [1.54, 1.807) is 18.3 Å². The number of hydrogen-bond donors (Lipinski definition) is 1. The molecule has 0 saturated carbocycles. The summed E-state index contributed by atoms with van der Waals surface area (Å²) in [5.41, 5.74) is 2.84. The van der Waals surface area contributed by atoms with Crippen LogP contribution in [0.15, 0.2) is 66.9 Å². The molecule has 0 bridgehead atoms. The molecule has 0 saturated heterocycles. The number of carbonyl (C=O) groups is 1. The molecular formula is C28H27F3N2O. The van der Waals surface area contributed by atoms with Crippen LogP contribution in [0.3, 0.4) is 0 Å². The number of aromatic nitrogens is 1. The van der Waals surface area contributed by atoms with E-state index in [0.29, 0.717) is 11.1 Å². The van der Waals surface area contributed by atoms with E-state index in [-0.39, 0.29) is 30.5 Å². The highest BCUT2D eigenvalue weighted by Gasteiger charge is 2.23. The predicted octanol–water partition coefficient (Wildman–Crippen LogP) is 6.77. The second kappa shape index (κ2) is 9.37. The number of H-pyrrole nitrogens is 1. The fraction of sp³-hybridized carbons (Fsp3) is 0.250. The largest absolute Gasteiger partial charge is 0.360 e. The molecule has 1 aromatic heterocycles. The maximum Gasteiger partial charge on any atom is 0.259 e. The van der Waals surface area contributed by atoms with Crippen molar-refractivity contribution in [1.29, 1.82) is 0 Å². The number of rotatable bonds is 6. The highest BCUT2D eigenvalue weighted by atomic mass is 19.1. The molecule has 0 fully saturated rings. The standard InChI is InChI=1S/C28H27F3N2O/c1-28(2,3)21-7-4-18(5-8-21)17-33(13-11-19-14-22(29)16-23(30)15-19)27(34)25-24(31)9-6-20-10-12-32-26(20)25/h4-10,12,14-16,32H,11,13,17H2,1-3H3. The summed E-state index contributed by atoms with van der Waals surface area (Å²) in [6.07, 6.45) is 1.88. The summed E-state index contributed by atoms with van der Waals surface area (Å²) in [7, 11) is 0. The minimum atomic E-state index is -0.673. The molecule has 0 radical (unpaired) electrons. The highest BCUT2D eigenvalue weighted by Crippen LogP contribution is 2.25. The lowest BCUT2D eigenvalue weighted by Gasteiger charge is -2.25. The third-order valence-electron chi connectivity index (χ3n) is 5.96. The quantitative estimate of drug-likeness (QED) is 0.336. The Bertz CT molecular complexity index is 1300. The summed E-state index contributed by atoms with van der Waals surface area (Å²) >= 11 is 0. The van der Waals surface area contributed by atoms with E-state index >= 15 is 0 Å². The Labute approximate surface area is 197 Å². The Morgan fingerprint density at radius 3 is 2.21 bits per heavy atom. The summed E-state index contributed by atoms with van der Waals surface area (Å²) < 4.78 is 42.2. The van der Waals surface area contributed by atoms with Crippen molar-refractivity contribution in [2.24, 2.45) is 0 Å². The van der Waals surface area contributed by atoms with Crippen molar-refractivity contribution in [1.82, 2.24) is 9.88 Å². The number of hydrogen-bond acceptors (Lipinski definition) is 1. The number of aromatic amines is 1. The van der Waals surface area contributed by atoms with Gasteiger partial charge in [-0.3, -0.25) is 4.79 Å². The van der Waals surface area contributed by atoms with Crippen molar-refractivity contribution >= 4 is 16.8 Å². The number of nitrogens with zero attached hydrogens (tertiary/aromatic N) is 1. The van der Waals surface area contributed by atoms with Crippen LogP contribution in [-0.4, -0.2) is 22.3 Å². The first-order valence-electron chi connectivity index (χ1n) is 11.2. The van der Waals surface area contributed by atoms with Gasteiger partial charge in [0.2, 0.25) is 0 Å². The molecule has 176 valence electrons. The molecular weight excluding hydrogens is 437 g/mol. The zero-order chi connectivity index (χ0) is 24.5. The van der Waals surface area contributed by atoms with Gasteiger partial charge in [-0.05, 0) is 58.9 Å². The van der Waals surface area contributed by atoms with Gasteiger partial charge in [-0.15, -0.1) is 0 Å². The Balaban J connectivity index is 1.66. The van der Waals surface area contributed by atoms with E-state index in [1.165, 1.54) is 23.1 Å². The van der Waals surface area contributed by atoms with E-state index in [2.05, 4.69) is 25.8 Å². The van der Waals surface area contributed by atoms with Gasteiger partial charge < -0.3 is 9.88 Å². The lowest BCUT2D eigenvalue weighted by atomic mass is 9.87. The van der Waals surface area contributed by atoms with E-state index in [0.717, 1.165) is 22.6 Å². The van der Waals surface area contributed by atoms with Crippen LogP contribution in [0.4, 0.5) is 13.2 Å². The number of nitrogens with one attached hydrogen (secondary N) is 1. The first kappa shape index (κ1) is 23.6. The lowest BCUT2D eigenvalue weighted by molar-refractivity contribution is 0.0742. The number of fused-ring (bicyclic) bond motifs is 1. The maximum atomic E-state index is 14.8. The summed E-state index contributed by atoms with van der Waals surface area (Å²) in [6, 6.07) is 15.9. The number of halogens is 3. The van der Waals surface area contributed by atoms with Gasteiger partial charge >= 0.3 is 0 Å². The molecule has 1 N–H and O–H groups in total. The summed E-state index contributed by atoms with van der Waals surface area (Å²) in [6.45, 7) is 6.76. The lowest BCUT2D eigenvalue weighted by Crippen LogP contribution is -2.33. The van der Waals surface area contributed by atoms with E-state index in [1.807, 2.05) is 24.3 Å². The van der Waals surface area contributed by atoms with Crippen molar-refractivity contribution in [2.75, 3.05) is 6.54 Å². The number of benzene rings is 3. The maximum absolute atomic E-state index is 14.8. The van der Waals surface area contributed by atoms with Crippen LogP contribution >= 0.6 is 0 Å². The van der Waals surface area contributed by atoms with Gasteiger partial charge in [-0.1, -0.05) is 45.0 Å². The number of carbonyl (C=O) groups excluding carboxylic acids is 1. The van der Waals surface area contributed by atoms with Gasteiger partial charge in [0.15, 0.2) is 0 Å². The smallest absolute Gasteiger partial charge is 0.259 e. The summed E-state index contributed by atoms with van der Waals surface area (Å²) in [5.74, 6) is -2.45. The van der Waals surface area contributed by atoms with Crippen molar-refractivity contribution in [3.63, 3.8) is 0 Å². The Hall–Kier alpha value is -3.54. The van der Waals surface area contributed by atoms with Crippen LogP contribution in [-0.2, 0) is 18.4 Å². The molecule has 1 heterocycles. The zero-order valence-corrected chi connectivity index (χ0v) is 19.5. The van der Waals surface area contributed by atoms with Gasteiger partial charge in [0.1, 0.15) is 17.5 Å². The SMILES string of the molecule is CC(C)(C)c1ccc(CN(CCc2cc(F)cc(F)c2)C(=O)c2c(F)ccc3cc[nH]c23)cc1. The minimum absolute atomic E-state index is 0.0120. The van der Waals surface area contributed by atoms with Gasteiger partial charge in [-0.25, -0.2) is 13.2 Å². The van der Waals surface area contributed by atoms with Crippen LogP contribution in [0.5, 0.6) is 0 Å². The predicted molar refractivity (Wildman–Crippen MR) is 128 cm³/mol. The minimum Gasteiger partial charge on any atom is -0.360 e. The molecule has 3 nitrogen and oxygen atoms in total. The highest BCUT2D eigenvalue weighted by molar-refractivity contribution is 6.06. The molecule has 0 aliphatic carbocycles. The molecule has 0 unspecified atom stereocenters. The average molecular weight is 465 g/mol. The topological polar surface area (TPSA) is 36.1 Å². The van der Waals surface area contributed by atoms with Crippen molar-refractivity contribution < 1.29 is 18.0 Å². The Morgan fingerprint density at radius 1 is 0.882 bits per heavy atom. The molecule has 34 heavy (non-hydrogen) atoms. The normalized spacial score (nSPS) is 11.7. The third-order valence-corrected chi connectivity index (χ3v) is 5.96. The van der Waals surface area contributed by atoms with Crippen LogP contribution < -0.4 is 0 Å². The molecule has 0 aliphatic rings. The van der Waals surface area contributed by atoms with Crippen LogP contribution in [0.25, 0.3) is 10.9 Å². The molecule has 4 aromatic rings. The summed E-state index contributed by atoms with van der Waals surface area (Å²) in [4.78, 5) is 18.1. The second-order valence-corrected chi connectivity index (χ2v) is 9.57. The van der Waals surface area contributed by atoms with E-state index < -0.39 is 23.4 Å². The van der Waals surface area contributed by atoms with Crippen molar-refractivity contribution in [3.8, 4) is 0 Å². The molecule has 3 aromatic carbocycles. The molecule has 0 spiro atoms. The fourth-order valence-corrected chi connectivity index (χ4v) is 4.07. The van der Waals surface area contributed by atoms with Crippen molar-refractivity contribution in [2.45, 2.75) is 39.2 Å². The summed E-state index contributed by atoms with van der Waals surface area (Å²) in [5, 5.41) is 0.728. The average Bonchev–Trinajstić information content (AvgIpc) is 3.24. The van der Waals surface area contributed by atoms with Gasteiger partial charge in [0, 0.05) is 30.7 Å². The van der Waals surface area contributed by atoms with Gasteiger partial charge in [0.25, 0.3) is 5.91 Å². The van der Waals surface area contributed by atoms with Gasteiger partial charge in [-0.2, -0.15) is 0 Å². The second-order valence-electron chi connectivity index (χ2n) is 9.57. The Kier molecular flexibility index (Phi) is 6.51. The van der Waals surface area contributed by atoms with E-state index in [9.17, 15) is 18.0 Å². The fourth-order valence-electron chi connectivity index (χ4n) is 4.07. The van der Waals surface area contributed by atoms with Gasteiger partial charge in [0.05, 0.1) is 11.1 Å². The zero-order valence-electron chi connectivity index (χ0n) is 19.5. The number of amides is 1.